The van der Waals surface area contributed by atoms with Crippen molar-refractivity contribution in [2.75, 3.05) is 18.4 Å². The fourth-order valence-electron chi connectivity index (χ4n) is 3.92. The molecule has 1 saturated heterocycles. The first kappa shape index (κ1) is 23.6. The lowest BCUT2D eigenvalue weighted by molar-refractivity contribution is -0.120. The van der Waals surface area contributed by atoms with E-state index in [-0.39, 0.29) is 16.7 Å². The second-order valence-corrected chi connectivity index (χ2v) is 11.8. The lowest BCUT2D eigenvalue weighted by atomic mass is 9.97. The maximum Gasteiger partial charge on any atom is 0.244 e. The Balaban J connectivity index is 1.40. The number of thiophene rings is 1. The van der Waals surface area contributed by atoms with Crippen molar-refractivity contribution in [1.82, 2.24) is 14.4 Å². The van der Waals surface area contributed by atoms with Crippen LogP contribution in [0.5, 0.6) is 0 Å². The summed E-state index contributed by atoms with van der Waals surface area (Å²) in [6.45, 7) is 8.33. The van der Waals surface area contributed by atoms with Crippen molar-refractivity contribution < 1.29 is 17.7 Å². The molecule has 0 bridgehead atoms. The zero-order valence-electron chi connectivity index (χ0n) is 19.2. The van der Waals surface area contributed by atoms with E-state index >= 15 is 0 Å². The number of hydrogen-bond acceptors (Lipinski definition) is 7. The Morgan fingerprint density at radius 2 is 1.85 bits per heavy atom. The van der Waals surface area contributed by atoms with Crippen molar-refractivity contribution in [3.8, 4) is 10.7 Å². The Labute approximate surface area is 198 Å². The van der Waals surface area contributed by atoms with Crippen LogP contribution < -0.4 is 5.32 Å². The number of carbonyl (C=O) groups excluding carboxylic acids is 1. The minimum Gasteiger partial charge on any atom is -0.339 e. The summed E-state index contributed by atoms with van der Waals surface area (Å²) in [6.07, 6.45) is 0.963. The minimum absolute atomic E-state index is 0.0641. The van der Waals surface area contributed by atoms with Crippen LogP contribution >= 0.6 is 11.3 Å². The summed E-state index contributed by atoms with van der Waals surface area (Å²) in [5.41, 5.74) is 1.98. The van der Waals surface area contributed by atoms with Crippen molar-refractivity contribution in [1.29, 1.82) is 0 Å². The number of piperidine rings is 1. The fourth-order valence-corrected chi connectivity index (χ4v) is 6.88. The molecule has 3 heterocycles. The number of amides is 1. The molecule has 1 aromatic carbocycles. The zero-order chi connectivity index (χ0) is 23.8. The summed E-state index contributed by atoms with van der Waals surface area (Å²) in [5.74, 6) is 0.962. The molecule has 1 N–H and O–H groups in total. The number of carbonyl (C=O) groups is 1. The number of benzene rings is 1. The molecule has 1 fully saturated rings. The Bertz CT molecular complexity index is 1240. The molecule has 176 valence electrons. The van der Waals surface area contributed by atoms with E-state index in [1.807, 2.05) is 24.3 Å². The third kappa shape index (κ3) is 5.02. The number of anilines is 1. The van der Waals surface area contributed by atoms with Gasteiger partial charge < -0.3 is 9.84 Å². The second kappa shape index (κ2) is 9.36. The molecule has 0 unspecified atom stereocenters. The molecule has 0 radical (unpaired) electrons. The van der Waals surface area contributed by atoms with E-state index in [9.17, 15) is 13.2 Å². The number of hydrogen-bond donors (Lipinski definition) is 1. The van der Waals surface area contributed by atoms with Gasteiger partial charge in [0.25, 0.3) is 0 Å². The van der Waals surface area contributed by atoms with Crippen LogP contribution in [0.25, 0.3) is 10.7 Å². The molecule has 1 aliphatic rings. The molecule has 3 aromatic rings. The van der Waals surface area contributed by atoms with Crippen molar-refractivity contribution in [3.63, 3.8) is 0 Å². The van der Waals surface area contributed by atoms with Gasteiger partial charge in [-0.1, -0.05) is 31.1 Å². The summed E-state index contributed by atoms with van der Waals surface area (Å²) in [6, 6.07) is 9.47. The van der Waals surface area contributed by atoms with Gasteiger partial charge in [-0.2, -0.15) is 9.29 Å². The van der Waals surface area contributed by atoms with E-state index in [1.54, 1.807) is 19.9 Å². The highest BCUT2D eigenvalue weighted by Gasteiger charge is 2.34. The topological polar surface area (TPSA) is 105 Å². The van der Waals surface area contributed by atoms with Crippen molar-refractivity contribution in [3.05, 3.63) is 46.7 Å². The van der Waals surface area contributed by atoms with Gasteiger partial charge in [-0.25, -0.2) is 8.42 Å². The Hall–Kier alpha value is -2.56. The van der Waals surface area contributed by atoms with Gasteiger partial charge in [0.1, 0.15) is 0 Å². The summed E-state index contributed by atoms with van der Waals surface area (Å²) in [5, 5.41) is 6.85. The molecule has 0 saturated carbocycles. The quantitative estimate of drug-likeness (QED) is 0.545. The first-order chi connectivity index (χ1) is 15.6. The van der Waals surface area contributed by atoms with Crippen LogP contribution in [0.15, 0.2) is 39.8 Å². The van der Waals surface area contributed by atoms with Gasteiger partial charge in [0.2, 0.25) is 27.6 Å². The van der Waals surface area contributed by atoms with Crippen molar-refractivity contribution >= 4 is 33.0 Å². The molecule has 2 aromatic heterocycles. The number of rotatable bonds is 6. The highest BCUT2D eigenvalue weighted by atomic mass is 32.2. The van der Waals surface area contributed by atoms with Crippen LogP contribution in [0.3, 0.4) is 0 Å². The highest BCUT2D eigenvalue weighted by molar-refractivity contribution is 7.89. The van der Waals surface area contributed by atoms with Gasteiger partial charge in [-0.15, -0.1) is 11.3 Å². The molecule has 8 nitrogen and oxygen atoms in total. The van der Waals surface area contributed by atoms with Crippen LogP contribution in [0.4, 0.5) is 5.69 Å². The first-order valence-corrected chi connectivity index (χ1v) is 13.2. The van der Waals surface area contributed by atoms with Crippen LogP contribution in [0, 0.1) is 19.8 Å². The second-order valence-electron chi connectivity index (χ2n) is 8.61. The summed E-state index contributed by atoms with van der Waals surface area (Å²) >= 11 is 1.33. The number of nitrogens with zero attached hydrogens (tertiary/aromatic N) is 3. The average molecular weight is 489 g/mol. The smallest absolute Gasteiger partial charge is 0.244 e. The third-order valence-corrected chi connectivity index (χ3v) is 9.11. The number of nitrogens with one attached hydrogen (secondary N) is 1. The monoisotopic (exact) mass is 488 g/mol. The standard InChI is InChI=1S/C23H28N4O4S2/c1-14(2)17-5-7-19(8-6-17)25-23(28)18-9-11-27(12-10-18)33(29,30)21-13-20(32-15(21)3)22-24-16(4)31-26-22/h5-8,13-14,18H,9-12H2,1-4H3,(H,25,28). The lowest BCUT2D eigenvalue weighted by Crippen LogP contribution is -2.41. The first-order valence-electron chi connectivity index (χ1n) is 11.0. The molecule has 4 rings (SSSR count). The predicted molar refractivity (Wildman–Crippen MR) is 128 cm³/mol. The minimum atomic E-state index is -3.67. The zero-order valence-corrected chi connectivity index (χ0v) is 20.8. The molecular weight excluding hydrogens is 460 g/mol. The van der Waals surface area contributed by atoms with Crippen molar-refractivity contribution in [2.24, 2.45) is 5.92 Å². The molecule has 10 heteroatoms. The summed E-state index contributed by atoms with van der Waals surface area (Å²) in [7, 11) is -3.67. The highest BCUT2D eigenvalue weighted by Crippen LogP contribution is 2.35. The SMILES string of the molecule is Cc1nc(-c2cc(S(=O)(=O)N3CCC(C(=O)Nc4ccc(C(C)C)cc4)CC3)c(C)s2)no1. The average Bonchev–Trinajstić information content (AvgIpc) is 3.40. The Kier molecular flexibility index (Phi) is 6.69. The maximum atomic E-state index is 13.3. The summed E-state index contributed by atoms with van der Waals surface area (Å²) in [4.78, 5) is 18.5. The fraction of sp³-hybridized carbons (Fsp3) is 0.435. The third-order valence-electron chi connectivity index (χ3n) is 5.91. The maximum absolute atomic E-state index is 13.3. The molecule has 0 aliphatic carbocycles. The number of aromatic nitrogens is 2. The molecule has 1 aliphatic heterocycles. The largest absolute Gasteiger partial charge is 0.339 e. The van der Waals surface area contributed by atoms with E-state index in [1.165, 1.54) is 21.2 Å². The van der Waals surface area contributed by atoms with Gasteiger partial charge >= 0.3 is 0 Å². The van der Waals surface area contributed by atoms with E-state index in [2.05, 4.69) is 29.3 Å². The van der Waals surface area contributed by atoms with Crippen LogP contribution in [0.1, 0.15) is 48.9 Å². The molecule has 1 amide bonds. The Morgan fingerprint density at radius 3 is 2.42 bits per heavy atom. The molecule has 0 spiro atoms. The summed E-state index contributed by atoms with van der Waals surface area (Å²) < 4.78 is 33.0. The number of aryl methyl sites for hydroxylation is 2. The molecular formula is C23H28N4O4S2. The predicted octanol–water partition coefficient (Wildman–Crippen LogP) is 4.58. The lowest BCUT2D eigenvalue weighted by Gasteiger charge is -2.30. The van der Waals surface area contributed by atoms with Crippen molar-refractivity contribution in [2.45, 2.75) is 51.3 Å². The van der Waals surface area contributed by atoms with Crippen LogP contribution in [-0.2, 0) is 14.8 Å². The Morgan fingerprint density at radius 1 is 1.18 bits per heavy atom. The van der Waals surface area contributed by atoms with Crippen LogP contribution in [-0.4, -0.2) is 41.9 Å². The molecule has 0 atom stereocenters. The van der Waals surface area contributed by atoms with Gasteiger partial charge in [0.15, 0.2) is 0 Å². The number of sulfonamides is 1. The normalized spacial score (nSPS) is 15.8. The van der Waals surface area contributed by atoms with Gasteiger partial charge in [-0.3, -0.25) is 4.79 Å². The van der Waals surface area contributed by atoms with E-state index in [0.29, 0.717) is 53.3 Å². The van der Waals surface area contributed by atoms with Gasteiger partial charge in [0, 0.05) is 36.5 Å². The van der Waals surface area contributed by atoms with E-state index < -0.39 is 10.0 Å². The molecule has 33 heavy (non-hydrogen) atoms. The van der Waals surface area contributed by atoms with Gasteiger partial charge in [-0.05, 0) is 49.4 Å². The van der Waals surface area contributed by atoms with Gasteiger partial charge in [0.05, 0.1) is 9.77 Å². The van der Waals surface area contributed by atoms with Crippen LogP contribution in [0.2, 0.25) is 0 Å². The van der Waals surface area contributed by atoms with E-state index in [4.69, 9.17) is 4.52 Å². The van der Waals surface area contributed by atoms with E-state index in [0.717, 1.165) is 5.69 Å².